The molecule has 5 aromatic heterocycles. The first kappa shape index (κ1) is 64.8. The van der Waals surface area contributed by atoms with Crippen molar-refractivity contribution in [3.63, 3.8) is 0 Å². The van der Waals surface area contributed by atoms with E-state index in [0.717, 1.165) is 116 Å². The maximum Gasteiger partial charge on any atom is 0.142 e. The Kier molecular flexibility index (Phi) is 24.5. The van der Waals surface area contributed by atoms with E-state index in [1.165, 1.54) is 36.4 Å². The van der Waals surface area contributed by atoms with Gasteiger partial charge < -0.3 is 22.8 Å². The zero-order chi connectivity index (χ0) is 104. The molecular formula is C99H87FIr5N15-5. The van der Waals surface area contributed by atoms with E-state index in [0.29, 0.717) is 51.1 Å². The SMILES string of the molecule is [2H]c1nc(-c2[c-]cc(C([2H])([2H])C([2H])([2H])[2H])c([N+]#[C-])c2)n(-c2c(C([2H])(C)C([2H])([2H])[2H])cccc2C([2H])(C)C([2H])([2H])[2H])c1[2H].[2H]c1nc(-c2[c-]cc(C([2H])([2H])[2H])c([N+]#[C-])c2)n(-c2c(C)cccc2C)c1[2H].[2H]c1nc(-c2[c-]cc(CC)c([N+]#[C-])c2)n(-c2c(C)cccc2C)c1[2H].[2H]c1nc(-c2[c-]cc(F)c([N+]#[C-])c2)n(-c2c(C)cccc2C)c1[2H].[2H]c1nc(-c2[c-]ccc([N+]#[C-])c2)n(-c2c(C)cccc2C)c1[2H].[Ir].[Ir].[Ir].[Ir].[Ir]. The van der Waals surface area contributed by atoms with E-state index in [-0.39, 0.29) is 201 Å². The van der Waals surface area contributed by atoms with Crippen molar-refractivity contribution in [2.75, 3.05) is 0 Å². The average Bonchev–Trinajstić information content (AvgIpc) is 1.27. The van der Waals surface area contributed by atoms with Crippen LogP contribution in [0.5, 0.6) is 0 Å². The van der Waals surface area contributed by atoms with Gasteiger partial charge in [-0.1, -0.05) is 152 Å². The molecule has 0 fully saturated rings. The molecule has 2 unspecified atom stereocenters. The van der Waals surface area contributed by atoms with Crippen molar-refractivity contribution < 1.29 is 141 Å². The molecule has 10 aromatic carbocycles. The zero-order valence-electron chi connectivity index (χ0n) is 92.0. The minimum Gasteiger partial charge on any atom is -0.340 e. The number of benzene rings is 10. The number of aryl methyl sites for hydroxylation is 11. The maximum atomic E-state index is 13.6. The fourth-order valence-electron chi connectivity index (χ4n) is 12.7. The molecule has 0 spiro atoms. The quantitative estimate of drug-likeness (QED) is 0.101. The molecule has 0 bridgehead atoms. The molecule has 0 saturated heterocycles. The van der Waals surface area contributed by atoms with Crippen LogP contribution >= 0.6 is 0 Å². The predicted octanol–water partition coefficient (Wildman–Crippen LogP) is 25.7. The first-order valence-corrected chi connectivity index (χ1v) is 35.4. The molecule has 15 nitrogen and oxygen atoms in total. The number of rotatable bonds is 14. The van der Waals surface area contributed by atoms with Crippen LogP contribution < -0.4 is 0 Å². The second-order valence-electron chi connectivity index (χ2n) is 26.0. The molecule has 0 aliphatic heterocycles. The number of para-hydroxylation sites is 5. The molecule has 0 aliphatic rings. The normalized spacial score (nSPS) is 14.8. The number of imidazole rings is 5. The van der Waals surface area contributed by atoms with Gasteiger partial charge in [-0.15, -0.1) is 117 Å². The van der Waals surface area contributed by atoms with Gasteiger partial charge in [-0.25, -0.2) is 0 Å². The van der Waals surface area contributed by atoms with Gasteiger partial charge in [0.15, 0.2) is 0 Å². The summed E-state index contributed by atoms with van der Waals surface area (Å²) in [5.74, 6) is -4.29. The molecule has 615 valence electrons. The van der Waals surface area contributed by atoms with E-state index in [4.69, 9.17) is 68.5 Å². The number of nitrogens with zero attached hydrogens (tertiary/aromatic N) is 15. The van der Waals surface area contributed by atoms with Crippen LogP contribution in [0.15, 0.2) is 219 Å². The van der Waals surface area contributed by atoms with Crippen LogP contribution in [0.4, 0.5) is 32.8 Å². The summed E-state index contributed by atoms with van der Waals surface area (Å²) in [4.78, 5) is 37.6. The molecule has 15 aromatic rings. The molecular weight excluding hydrogens is 2380 g/mol. The van der Waals surface area contributed by atoms with Crippen molar-refractivity contribution in [1.82, 2.24) is 47.8 Å². The Bertz CT molecular complexity index is 7510. The van der Waals surface area contributed by atoms with E-state index in [1.807, 2.05) is 135 Å². The monoisotopic (exact) mass is 2500 g/mol. The molecule has 5 heterocycles. The van der Waals surface area contributed by atoms with Crippen molar-refractivity contribution in [3.05, 3.63) is 385 Å². The molecule has 0 N–H and O–H groups in total. The number of hydrogen-bond acceptors (Lipinski definition) is 5. The number of halogens is 1. The largest absolute Gasteiger partial charge is 0.340 e. The van der Waals surface area contributed by atoms with Crippen molar-refractivity contribution >= 4 is 28.4 Å². The standard InChI is InChI=1S/C24H26N3.C20H18N3.C19H16N3.C18H13FN3.C18H14N3.5Ir/c1-7-18-11-12-19(15-22(18)25-6)24-26-13-14-27(24)23-20(16(2)3)9-8-10-21(23)17(4)5;1-5-16-9-10-17(13-18(16)21-4)20-22-11-12-23(20)19-14(2)7-6-8-15(19)3;1-13-8-9-16(12-17(13)20-4)19-21-10-11-22(19)18-14(2)6-5-7-15(18)3;1-12-5-4-6-13(2)17(12)22-10-9-21-18(22)14-7-8-15(19)16(11-14)20-3;1-13-6-4-7-14(2)17(13)21-11-10-20-18(21)15-8-5-9-16(12-15)19-3;;;;;/h8-11,13-17H,7H2,1-5H3;6-9,11-13H,5H2,1-3H3;5-8,10-12H,1-3H3;4-6,8-11H,1-2H3;4-7,9-12H,1-2H3;;;;;/q5*-1;;;;;/i1D3,2D3,4D3,7D2,13D,14D,16D,17D;11D,12D;1D3,10D,11D;9D,10D;10D,11D;;;;;. The van der Waals surface area contributed by atoms with Crippen LogP contribution in [0.25, 0.3) is 110 Å². The summed E-state index contributed by atoms with van der Waals surface area (Å²) < 4.78 is 230. The van der Waals surface area contributed by atoms with Gasteiger partial charge >= 0.3 is 0 Å². The van der Waals surface area contributed by atoms with Gasteiger partial charge in [0.25, 0.3) is 0 Å². The number of aromatic nitrogens is 10. The maximum absolute atomic E-state index is 13.6. The molecule has 15 rings (SSSR count). The molecule has 5 radical (unpaired) electrons. The summed E-state index contributed by atoms with van der Waals surface area (Å²) in [6, 6.07) is 57.2. The minimum atomic E-state index is -3.14. The van der Waals surface area contributed by atoms with E-state index in [9.17, 15) is 4.39 Å². The summed E-state index contributed by atoms with van der Waals surface area (Å²) in [6.45, 7) is 44.6. The Hall–Kier alpha value is -11.1. The summed E-state index contributed by atoms with van der Waals surface area (Å²) in [5.41, 5.74) is 12.5. The summed E-state index contributed by atoms with van der Waals surface area (Å²) in [6.07, 6.45) is -4.18. The van der Waals surface area contributed by atoms with Crippen molar-refractivity contribution in [2.45, 2.75) is 128 Å². The van der Waals surface area contributed by atoms with Gasteiger partial charge in [-0.3, -0.25) is 53.5 Å². The van der Waals surface area contributed by atoms with Crippen molar-refractivity contribution in [2.24, 2.45) is 0 Å². The average molecular weight is 2490 g/mol. The van der Waals surface area contributed by atoms with Crippen LogP contribution in [0.2, 0.25) is 0 Å². The van der Waals surface area contributed by atoms with E-state index >= 15 is 0 Å². The van der Waals surface area contributed by atoms with Crippen molar-refractivity contribution in [3.8, 4) is 85.4 Å². The van der Waals surface area contributed by atoms with Crippen LogP contribution in [-0.4, -0.2) is 47.8 Å². The molecule has 0 saturated carbocycles. The second kappa shape index (κ2) is 45.3. The first-order chi connectivity index (χ1) is 65.9. The topological polar surface area (TPSA) is 111 Å². The third-order valence-electron chi connectivity index (χ3n) is 18.3. The van der Waals surface area contributed by atoms with E-state index < -0.39 is 75.0 Å². The van der Waals surface area contributed by atoms with Crippen LogP contribution in [-0.2, 0) is 113 Å². The van der Waals surface area contributed by atoms with Crippen LogP contribution in [0.1, 0.15) is 161 Å². The Labute approximate surface area is 809 Å². The Morgan fingerprint density at radius 3 is 1.06 bits per heavy atom. The molecule has 0 amide bonds. The first-order valence-electron chi connectivity index (χ1n) is 48.4. The third kappa shape index (κ3) is 22.1. The molecule has 21 heteroatoms. The Morgan fingerprint density at radius 2 is 0.717 bits per heavy atom. The smallest absolute Gasteiger partial charge is 0.142 e. The summed E-state index contributed by atoms with van der Waals surface area (Å²) >= 11 is 0. The van der Waals surface area contributed by atoms with Crippen LogP contribution in [0.3, 0.4) is 0 Å². The van der Waals surface area contributed by atoms with Gasteiger partial charge in [-0.2, -0.15) is 24.3 Å². The van der Waals surface area contributed by atoms with Gasteiger partial charge in [0.05, 0.1) is 75.7 Å². The van der Waals surface area contributed by atoms with Gasteiger partial charge in [0, 0.05) is 218 Å². The Morgan fingerprint density at radius 1 is 0.400 bits per heavy atom. The Balaban J connectivity index is 0.000000282. The van der Waals surface area contributed by atoms with Gasteiger partial charge in [-0.05, 0) is 123 Å². The van der Waals surface area contributed by atoms with Gasteiger partial charge in [0.1, 0.15) is 28.4 Å². The second-order valence-corrected chi connectivity index (χ2v) is 26.0. The molecule has 120 heavy (non-hydrogen) atoms. The van der Waals surface area contributed by atoms with Crippen molar-refractivity contribution in [1.29, 1.82) is 0 Å². The minimum absolute atomic E-state index is 0. The summed E-state index contributed by atoms with van der Waals surface area (Å²) in [7, 11) is 0. The fraction of sp³-hybridized carbons (Fsp3) is 0.192. The number of hydrogen-bond donors (Lipinski definition) is 0. The molecule has 0 aliphatic carbocycles. The third-order valence-corrected chi connectivity index (χ3v) is 18.3. The predicted molar refractivity (Wildman–Crippen MR) is 460 cm³/mol. The van der Waals surface area contributed by atoms with E-state index in [2.05, 4.69) is 79.5 Å². The fourth-order valence-corrected chi connectivity index (χ4v) is 12.7. The zero-order valence-corrected chi connectivity index (χ0v) is 77.9. The summed E-state index contributed by atoms with van der Waals surface area (Å²) in [5, 5.41) is 0. The van der Waals surface area contributed by atoms with E-state index in [1.54, 1.807) is 48.6 Å². The van der Waals surface area contributed by atoms with Gasteiger partial charge in [0.2, 0.25) is 0 Å². The molecule has 2 atom stereocenters. The van der Waals surface area contributed by atoms with Crippen LogP contribution in [0, 0.1) is 131 Å².